The summed E-state index contributed by atoms with van der Waals surface area (Å²) in [6.07, 6.45) is 0.998. The highest BCUT2D eigenvalue weighted by Crippen LogP contribution is 2.33. The van der Waals surface area contributed by atoms with Crippen molar-refractivity contribution < 1.29 is 22.8 Å². The largest absolute Gasteiger partial charge is 0.390 e. The zero-order valence-corrected chi connectivity index (χ0v) is 17.9. The molecule has 0 saturated heterocycles. The van der Waals surface area contributed by atoms with Crippen LogP contribution >= 0.6 is 11.5 Å². The minimum atomic E-state index is -3.31. The van der Waals surface area contributed by atoms with Crippen LogP contribution in [0, 0.1) is 6.92 Å². The molecule has 1 fully saturated rings. The average molecular weight is 439 g/mol. The van der Waals surface area contributed by atoms with E-state index < -0.39 is 15.7 Å². The van der Waals surface area contributed by atoms with E-state index in [0.29, 0.717) is 36.0 Å². The van der Waals surface area contributed by atoms with Gasteiger partial charge in [-0.15, -0.1) is 0 Å². The van der Waals surface area contributed by atoms with E-state index in [4.69, 9.17) is 9.57 Å². The number of hydrogen-bond acceptors (Lipinski definition) is 9. The number of ether oxygens (including phenoxy) is 1. The van der Waals surface area contributed by atoms with Crippen LogP contribution in [0.1, 0.15) is 31.2 Å². The number of aromatic nitrogens is 2. The first-order valence-corrected chi connectivity index (χ1v) is 11.3. The van der Waals surface area contributed by atoms with Gasteiger partial charge in [0.1, 0.15) is 11.9 Å². The fourth-order valence-corrected chi connectivity index (χ4v) is 4.74. The minimum Gasteiger partial charge on any atom is -0.390 e. The number of hydrogen-bond donors (Lipinski definition) is 1. The summed E-state index contributed by atoms with van der Waals surface area (Å²) in [6, 6.07) is 6.06. The Labute approximate surface area is 173 Å². The number of carbonyl (C=O) groups is 1. The van der Waals surface area contributed by atoms with Gasteiger partial charge in [0.25, 0.3) is 5.91 Å². The molecule has 9 nitrogen and oxygen atoms in total. The van der Waals surface area contributed by atoms with Crippen molar-refractivity contribution in [2.75, 3.05) is 19.0 Å². The lowest BCUT2D eigenvalue weighted by Gasteiger charge is -2.11. The number of methoxy groups -OCH3 is 1. The van der Waals surface area contributed by atoms with Gasteiger partial charge < -0.3 is 9.57 Å². The van der Waals surface area contributed by atoms with E-state index in [9.17, 15) is 13.2 Å². The van der Waals surface area contributed by atoms with Gasteiger partial charge in [-0.05, 0) is 38.8 Å². The molecule has 1 amide bonds. The molecule has 0 aliphatic heterocycles. The molecule has 156 valence electrons. The summed E-state index contributed by atoms with van der Waals surface area (Å²) < 4.78 is 33.8. The number of oxime groups is 1. The molecule has 29 heavy (non-hydrogen) atoms. The second kappa shape index (κ2) is 8.97. The van der Waals surface area contributed by atoms with Crippen molar-refractivity contribution in [1.82, 2.24) is 9.36 Å². The number of nitrogens with one attached hydrogen (secondary N) is 1. The van der Waals surface area contributed by atoms with E-state index in [1.165, 1.54) is 19.2 Å². The summed E-state index contributed by atoms with van der Waals surface area (Å²) >= 11 is 1.05. The van der Waals surface area contributed by atoms with E-state index in [2.05, 4.69) is 19.8 Å². The fraction of sp³-hybridized carbons (Fsp3) is 0.444. The van der Waals surface area contributed by atoms with Gasteiger partial charge in [-0.3, -0.25) is 10.1 Å². The van der Waals surface area contributed by atoms with Crippen molar-refractivity contribution in [2.45, 2.75) is 42.9 Å². The van der Waals surface area contributed by atoms with Gasteiger partial charge in [-0.1, -0.05) is 17.3 Å². The lowest BCUT2D eigenvalue weighted by Crippen LogP contribution is -2.25. The van der Waals surface area contributed by atoms with E-state index in [1.54, 1.807) is 26.0 Å². The lowest BCUT2D eigenvalue weighted by atomic mass is 10.1. The Kier molecular flexibility index (Phi) is 6.60. The summed E-state index contributed by atoms with van der Waals surface area (Å²) in [7, 11) is -1.78. The highest BCUT2D eigenvalue weighted by atomic mass is 32.2. The highest BCUT2D eigenvalue weighted by Gasteiger charge is 2.36. The molecule has 1 N–H and O–H groups in total. The SMILES string of the molecule is COC[C@@H](C)ON=C(C(=O)Nc1nc(C)ns1)c1ccc(S(=O)(=O)C2CC2)cc1. The Hall–Kier alpha value is -2.37. The van der Waals surface area contributed by atoms with Crippen LogP contribution in [0.5, 0.6) is 0 Å². The van der Waals surface area contributed by atoms with Crippen molar-refractivity contribution in [1.29, 1.82) is 0 Å². The van der Waals surface area contributed by atoms with Gasteiger partial charge in [0.15, 0.2) is 15.5 Å². The number of anilines is 1. The van der Waals surface area contributed by atoms with E-state index >= 15 is 0 Å². The van der Waals surface area contributed by atoms with Crippen molar-refractivity contribution in [3.63, 3.8) is 0 Å². The van der Waals surface area contributed by atoms with Gasteiger partial charge in [0, 0.05) is 24.2 Å². The van der Waals surface area contributed by atoms with Gasteiger partial charge >= 0.3 is 0 Å². The zero-order valence-electron chi connectivity index (χ0n) is 16.3. The fourth-order valence-electron chi connectivity index (χ4n) is 2.51. The Morgan fingerprint density at radius 3 is 2.59 bits per heavy atom. The molecule has 1 aromatic heterocycles. The maximum absolute atomic E-state index is 12.8. The maximum atomic E-state index is 12.8. The van der Waals surface area contributed by atoms with Crippen molar-refractivity contribution in [2.24, 2.45) is 5.16 Å². The van der Waals surface area contributed by atoms with Gasteiger partial charge in [-0.2, -0.15) is 4.37 Å². The summed E-state index contributed by atoms with van der Waals surface area (Å²) in [6.45, 7) is 3.77. The van der Waals surface area contributed by atoms with Crippen LogP contribution in [0.15, 0.2) is 34.3 Å². The molecule has 1 aromatic carbocycles. The van der Waals surface area contributed by atoms with Gasteiger partial charge in [0.2, 0.25) is 5.13 Å². The van der Waals surface area contributed by atoms with E-state index in [1.807, 2.05) is 0 Å². The minimum absolute atomic E-state index is 0.00354. The first-order valence-electron chi connectivity index (χ1n) is 9.00. The topological polar surface area (TPSA) is 120 Å². The molecule has 3 rings (SSSR count). The second-order valence-electron chi connectivity index (χ2n) is 6.68. The van der Waals surface area contributed by atoms with Crippen LogP contribution < -0.4 is 5.32 Å². The molecule has 1 heterocycles. The van der Waals surface area contributed by atoms with Crippen molar-refractivity contribution in [3.05, 3.63) is 35.7 Å². The number of amides is 1. The average Bonchev–Trinajstić information content (AvgIpc) is 3.46. The first kappa shape index (κ1) is 21.3. The predicted octanol–water partition coefficient (Wildman–Crippen LogP) is 2.18. The molecule has 1 aliphatic rings. The molecule has 0 bridgehead atoms. The van der Waals surface area contributed by atoms with Crippen LogP contribution in [-0.4, -0.2) is 54.5 Å². The van der Waals surface area contributed by atoms with Crippen LogP contribution in [-0.2, 0) is 24.2 Å². The number of nitrogens with zero attached hydrogens (tertiary/aromatic N) is 3. The second-order valence-corrected chi connectivity index (χ2v) is 9.66. The summed E-state index contributed by atoms with van der Waals surface area (Å²) in [5.74, 6) is 0.00644. The number of aryl methyl sites for hydroxylation is 1. The Bertz CT molecular complexity index is 998. The molecule has 2 aromatic rings. The van der Waals surface area contributed by atoms with E-state index in [0.717, 1.165) is 11.5 Å². The summed E-state index contributed by atoms with van der Waals surface area (Å²) in [4.78, 5) is 22.5. The summed E-state index contributed by atoms with van der Waals surface area (Å²) in [5.41, 5.74) is 0.416. The zero-order chi connectivity index (χ0) is 21.0. The van der Waals surface area contributed by atoms with E-state index in [-0.39, 0.29) is 22.0 Å². The molecular formula is C18H22N4O5S2. The molecule has 11 heteroatoms. The van der Waals surface area contributed by atoms with Gasteiger partial charge in [-0.25, -0.2) is 13.4 Å². The molecule has 1 aliphatic carbocycles. The van der Waals surface area contributed by atoms with Crippen molar-refractivity contribution >= 4 is 38.1 Å². The van der Waals surface area contributed by atoms with Crippen molar-refractivity contribution in [3.8, 4) is 0 Å². The predicted molar refractivity (Wildman–Crippen MR) is 109 cm³/mol. The Morgan fingerprint density at radius 1 is 1.34 bits per heavy atom. The quantitative estimate of drug-likeness (QED) is 0.471. The third-order valence-corrected chi connectivity index (χ3v) is 7.11. The summed E-state index contributed by atoms with van der Waals surface area (Å²) in [5, 5.41) is 6.65. The standard InChI is InChI=1S/C18H22N4O5S2/c1-11(10-26-3)27-21-16(17(23)20-18-19-12(2)22-28-18)13-4-6-14(7-5-13)29(24,25)15-8-9-15/h4-7,11,15H,8-10H2,1-3H3,(H,19,20,22,23)/t11-/m1/s1. The van der Waals surface area contributed by atoms with Crippen LogP contribution in [0.25, 0.3) is 0 Å². The number of rotatable bonds is 9. The molecule has 1 saturated carbocycles. The Morgan fingerprint density at radius 2 is 2.03 bits per heavy atom. The lowest BCUT2D eigenvalue weighted by molar-refractivity contribution is -0.110. The smallest absolute Gasteiger partial charge is 0.280 e. The number of carbonyl (C=O) groups excluding carboxylic acids is 1. The molecule has 0 spiro atoms. The van der Waals surface area contributed by atoms with Crippen LogP contribution in [0.4, 0.5) is 5.13 Å². The normalized spacial score (nSPS) is 15.8. The third-order valence-electron chi connectivity index (χ3n) is 4.11. The number of sulfone groups is 1. The van der Waals surface area contributed by atoms with Crippen LogP contribution in [0.2, 0.25) is 0 Å². The molecule has 0 unspecified atom stereocenters. The number of benzene rings is 1. The molecule has 1 atom stereocenters. The van der Waals surface area contributed by atoms with Crippen LogP contribution in [0.3, 0.4) is 0 Å². The third kappa shape index (κ3) is 5.37. The van der Waals surface area contributed by atoms with Gasteiger partial charge in [0.05, 0.1) is 16.8 Å². The molecule has 0 radical (unpaired) electrons. The highest BCUT2D eigenvalue weighted by molar-refractivity contribution is 7.92. The first-order chi connectivity index (χ1) is 13.8. The monoisotopic (exact) mass is 438 g/mol. The molecular weight excluding hydrogens is 416 g/mol. The Balaban J connectivity index is 1.85. The maximum Gasteiger partial charge on any atom is 0.280 e.